The quantitative estimate of drug-likeness (QED) is 0.779. The number of rotatable bonds is 6. The number of carbonyl (C=O) groups excluding carboxylic acids is 2. The molecule has 1 rings (SSSR count). The van der Waals surface area contributed by atoms with Crippen molar-refractivity contribution in [1.29, 1.82) is 0 Å². The summed E-state index contributed by atoms with van der Waals surface area (Å²) in [6, 6.07) is -0.186. The third-order valence-corrected chi connectivity index (χ3v) is 3.92. The molecule has 0 spiro atoms. The van der Waals surface area contributed by atoms with Gasteiger partial charge in [0.1, 0.15) is 0 Å². The van der Waals surface area contributed by atoms with Gasteiger partial charge in [0.15, 0.2) is 0 Å². The highest BCUT2D eigenvalue weighted by molar-refractivity contribution is 5.82. The summed E-state index contributed by atoms with van der Waals surface area (Å²) in [4.78, 5) is 26.2. The van der Waals surface area contributed by atoms with Crippen LogP contribution in [0.25, 0.3) is 0 Å². The maximum Gasteiger partial charge on any atom is 0.225 e. The molecule has 21 heavy (non-hydrogen) atoms. The zero-order valence-corrected chi connectivity index (χ0v) is 13.8. The molecule has 0 aromatic rings. The Kier molecular flexibility index (Phi) is 7.15. The van der Waals surface area contributed by atoms with E-state index in [9.17, 15) is 14.7 Å². The summed E-state index contributed by atoms with van der Waals surface area (Å²) in [5.74, 6) is 0.331. The first kappa shape index (κ1) is 18.0. The third-order valence-electron chi connectivity index (χ3n) is 3.92. The van der Waals surface area contributed by atoms with Crippen molar-refractivity contribution in [2.75, 3.05) is 19.7 Å². The number of nitrogens with one attached hydrogen (secondary N) is 1. The number of amides is 2. The zero-order valence-electron chi connectivity index (χ0n) is 13.8. The Bertz CT molecular complexity index is 355. The molecule has 0 bridgehead atoms. The molecular formula is C16H30N2O3. The minimum atomic E-state index is -0.186. The molecule has 1 aliphatic heterocycles. The monoisotopic (exact) mass is 298 g/mol. The average molecular weight is 298 g/mol. The van der Waals surface area contributed by atoms with Crippen molar-refractivity contribution >= 4 is 11.8 Å². The molecule has 0 saturated carbocycles. The van der Waals surface area contributed by atoms with E-state index >= 15 is 0 Å². The molecule has 0 aromatic carbocycles. The number of nitrogens with zero attached hydrogens (tertiary/aromatic N) is 1. The van der Waals surface area contributed by atoms with Crippen LogP contribution in [-0.2, 0) is 9.59 Å². The molecule has 2 amide bonds. The summed E-state index contributed by atoms with van der Waals surface area (Å²) in [6.07, 6.45) is 2.45. The topological polar surface area (TPSA) is 69.6 Å². The largest absolute Gasteiger partial charge is 0.394 e. The summed E-state index contributed by atoms with van der Waals surface area (Å²) in [5.41, 5.74) is 0. The highest BCUT2D eigenvalue weighted by atomic mass is 16.3. The summed E-state index contributed by atoms with van der Waals surface area (Å²) in [5, 5.41) is 12.3. The Morgan fingerprint density at radius 2 is 1.95 bits per heavy atom. The van der Waals surface area contributed by atoms with Crippen LogP contribution in [0.3, 0.4) is 0 Å². The van der Waals surface area contributed by atoms with Crippen LogP contribution in [0.1, 0.15) is 47.0 Å². The first-order valence-electron chi connectivity index (χ1n) is 8.05. The van der Waals surface area contributed by atoms with Crippen LogP contribution < -0.4 is 5.32 Å². The highest BCUT2D eigenvalue weighted by Gasteiger charge is 2.30. The molecular weight excluding hydrogens is 268 g/mol. The van der Waals surface area contributed by atoms with Crippen molar-refractivity contribution in [3.8, 4) is 0 Å². The van der Waals surface area contributed by atoms with Crippen molar-refractivity contribution in [2.45, 2.75) is 53.0 Å². The number of hydrogen-bond acceptors (Lipinski definition) is 3. The summed E-state index contributed by atoms with van der Waals surface area (Å²) >= 11 is 0. The van der Waals surface area contributed by atoms with Crippen molar-refractivity contribution in [3.63, 3.8) is 0 Å². The maximum atomic E-state index is 12.3. The van der Waals surface area contributed by atoms with Gasteiger partial charge < -0.3 is 15.3 Å². The van der Waals surface area contributed by atoms with Gasteiger partial charge in [0.2, 0.25) is 11.8 Å². The molecule has 2 unspecified atom stereocenters. The summed E-state index contributed by atoms with van der Waals surface area (Å²) in [7, 11) is 0. The number of aliphatic hydroxyl groups is 1. The molecule has 1 aliphatic rings. The van der Waals surface area contributed by atoms with E-state index in [0.29, 0.717) is 12.5 Å². The van der Waals surface area contributed by atoms with Crippen molar-refractivity contribution in [3.05, 3.63) is 0 Å². The van der Waals surface area contributed by atoms with Gasteiger partial charge >= 0.3 is 0 Å². The summed E-state index contributed by atoms with van der Waals surface area (Å²) < 4.78 is 0. The Morgan fingerprint density at radius 1 is 1.29 bits per heavy atom. The fourth-order valence-electron chi connectivity index (χ4n) is 2.82. The molecule has 1 fully saturated rings. The van der Waals surface area contributed by atoms with E-state index in [2.05, 4.69) is 19.2 Å². The second-order valence-corrected chi connectivity index (χ2v) is 6.80. The Labute approximate surface area is 128 Å². The fraction of sp³-hybridized carbons (Fsp3) is 0.875. The van der Waals surface area contributed by atoms with Gasteiger partial charge in [-0.25, -0.2) is 0 Å². The molecule has 5 heteroatoms. The van der Waals surface area contributed by atoms with Crippen molar-refractivity contribution < 1.29 is 14.7 Å². The first-order valence-corrected chi connectivity index (χ1v) is 8.05. The predicted molar refractivity (Wildman–Crippen MR) is 82.6 cm³/mol. The molecule has 122 valence electrons. The van der Waals surface area contributed by atoms with E-state index in [1.807, 2.05) is 13.8 Å². The summed E-state index contributed by atoms with van der Waals surface area (Å²) in [6.45, 7) is 9.12. The lowest BCUT2D eigenvalue weighted by Gasteiger charge is -2.34. The predicted octanol–water partition coefficient (Wildman–Crippen LogP) is 1.40. The molecule has 1 saturated heterocycles. The number of hydrogen-bond donors (Lipinski definition) is 2. The second kappa shape index (κ2) is 8.37. The van der Waals surface area contributed by atoms with Crippen LogP contribution in [0.4, 0.5) is 0 Å². The number of aliphatic hydroxyl groups excluding tert-OH is 1. The molecule has 0 aromatic heterocycles. The fourth-order valence-corrected chi connectivity index (χ4v) is 2.82. The maximum absolute atomic E-state index is 12.3. The molecule has 0 aliphatic carbocycles. The van der Waals surface area contributed by atoms with E-state index in [1.165, 1.54) is 0 Å². The van der Waals surface area contributed by atoms with Crippen LogP contribution in [-0.4, -0.2) is 47.6 Å². The number of carbonyl (C=O) groups is 2. The van der Waals surface area contributed by atoms with E-state index in [4.69, 9.17) is 0 Å². The lowest BCUT2D eigenvalue weighted by atomic mass is 9.95. The minimum absolute atomic E-state index is 0.0297. The molecule has 2 atom stereocenters. The Morgan fingerprint density at radius 3 is 2.48 bits per heavy atom. The second-order valence-electron chi connectivity index (χ2n) is 6.80. The van der Waals surface area contributed by atoms with Gasteiger partial charge in [0.05, 0.1) is 18.6 Å². The van der Waals surface area contributed by atoms with Crippen molar-refractivity contribution in [2.24, 2.45) is 17.8 Å². The Hall–Kier alpha value is -1.10. The van der Waals surface area contributed by atoms with Gasteiger partial charge in [-0.15, -0.1) is 0 Å². The molecule has 0 radical (unpaired) electrons. The van der Waals surface area contributed by atoms with Crippen LogP contribution in [0, 0.1) is 17.8 Å². The lowest BCUT2D eigenvalue weighted by molar-refractivity contribution is -0.138. The molecule has 5 nitrogen and oxygen atoms in total. The van der Waals surface area contributed by atoms with Gasteiger partial charge in [-0.3, -0.25) is 9.59 Å². The standard InChI is InChI=1S/C16H30N2O3/c1-11(2)8-14(10-19)17-15(20)13-6-5-7-18(9-13)16(21)12(3)4/h11-14,19H,5-10H2,1-4H3,(H,17,20). The van der Waals surface area contributed by atoms with Crippen LogP contribution >= 0.6 is 0 Å². The molecule has 2 N–H and O–H groups in total. The van der Waals surface area contributed by atoms with E-state index in [1.54, 1.807) is 4.90 Å². The first-order chi connectivity index (χ1) is 9.85. The van der Waals surface area contributed by atoms with Crippen LogP contribution in [0.15, 0.2) is 0 Å². The zero-order chi connectivity index (χ0) is 16.0. The van der Waals surface area contributed by atoms with Crippen LogP contribution in [0.2, 0.25) is 0 Å². The van der Waals surface area contributed by atoms with Gasteiger partial charge in [-0.05, 0) is 25.2 Å². The van der Waals surface area contributed by atoms with Gasteiger partial charge in [0, 0.05) is 19.0 Å². The normalized spacial score (nSPS) is 20.7. The van der Waals surface area contributed by atoms with Crippen LogP contribution in [0.5, 0.6) is 0 Å². The minimum Gasteiger partial charge on any atom is -0.394 e. The number of piperidine rings is 1. The third kappa shape index (κ3) is 5.65. The Balaban J connectivity index is 2.55. The van der Waals surface area contributed by atoms with E-state index in [-0.39, 0.29) is 36.3 Å². The average Bonchev–Trinajstić information content (AvgIpc) is 2.45. The molecule has 1 heterocycles. The van der Waals surface area contributed by atoms with Gasteiger partial charge in [0.25, 0.3) is 0 Å². The SMILES string of the molecule is CC(C)CC(CO)NC(=O)C1CCCN(C(=O)C(C)C)C1. The lowest BCUT2D eigenvalue weighted by Crippen LogP contribution is -2.49. The highest BCUT2D eigenvalue weighted by Crippen LogP contribution is 2.19. The number of likely N-dealkylation sites (tertiary alicyclic amines) is 1. The van der Waals surface area contributed by atoms with Gasteiger partial charge in [-0.1, -0.05) is 27.7 Å². The van der Waals surface area contributed by atoms with Crippen molar-refractivity contribution in [1.82, 2.24) is 10.2 Å². The van der Waals surface area contributed by atoms with E-state index in [0.717, 1.165) is 25.8 Å². The smallest absolute Gasteiger partial charge is 0.225 e. The van der Waals surface area contributed by atoms with E-state index < -0.39 is 0 Å². The van der Waals surface area contributed by atoms with Gasteiger partial charge in [-0.2, -0.15) is 0 Å².